The maximum Gasteiger partial charge on any atom is 0.182 e. The summed E-state index contributed by atoms with van der Waals surface area (Å²) in [5.41, 5.74) is -0.395. The number of piperidine rings is 1. The van der Waals surface area contributed by atoms with Crippen LogP contribution in [0.15, 0.2) is 18.2 Å². The van der Waals surface area contributed by atoms with Gasteiger partial charge in [0, 0.05) is 6.04 Å². The number of rotatable bonds is 5. The van der Waals surface area contributed by atoms with Gasteiger partial charge in [-0.2, -0.15) is 0 Å². The average Bonchev–Trinajstić information content (AvgIpc) is 2.41. The molecule has 0 aromatic heterocycles. The lowest BCUT2D eigenvalue weighted by molar-refractivity contribution is 0.0823. The van der Waals surface area contributed by atoms with Crippen molar-refractivity contribution in [2.45, 2.75) is 45.1 Å². The molecule has 1 heterocycles. The van der Waals surface area contributed by atoms with Crippen LogP contribution in [0.4, 0.5) is 8.78 Å². The molecule has 110 valence electrons. The van der Waals surface area contributed by atoms with Gasteiger partial charge in [-0.05, 0) is 37.9 Å². The lowest BCUT2D eigenvalue weighted by atomic mass is 9.97. The highest BCUT2D eigenvalue weighted by Crippen LogP contribution is 2.22. The van der Waals surface area contributed by atoms with Gasteiger partial charge in [-0.3, -0.25) is 9.69 Å². The Morgan fingerprint density at radius 3 is 2.65 bits per heavy atom. The molecule has 1 saturated heterocycles. The van der Waals surface area contributed by atoms with Crippen molar-refractivity contribution in [1.82, 2.24) is 4.90 Å². The number of hydrogen-bond acceptors (Lipinski definition) is 2. The highest BCUT2D eigenvalue weighted by Gasteiger charge is 2.26. The molecule has 0 spiro atoms. The van der Waals surface area contributed by atoms with Crippen LogP contribution in [-0.2, 0) is 0 Å². The summed E-state index contributed by atoms with van der Waals surface area (Å²) in [5.74, 6) is -1.98. The van der Waals surface area contributed by atoms with Crippen molar-refractivity contribution in [3.05, 3.63) is 35.4 Å². The Bertz CT molecular complexity index is 453. The van der Waals surface area contributed by atoms with E-state index in [1.165, 1.54) is 12.5 Å². The van der Waals surface area contributed by atoms with Crippen molar-refractivity contribution in [3.63, 3.8) is 0 Å². The van der Waals surface area contributed by atoms with E-state index >= 15 is 0 Å². The molecule has 2 rings (SSSR count). The molecule has 0 amide bonds. The van der Waals surface area contributed by atoms with Crippen molar-refractivity contribution >= 4 is 5.78 Å². The third-order valence-corrected chi connectivity index (χ3v) is 3.96. The predicted octanol–water partition coefficient (Wildman–Crippen LogP) is 3.80. The van der Waals surface area contributed by atoms with Crippen LogP contribution in [-0.4, -0.2) is 29.8 Å². The summed E-state index contributed by atoms with van der Waals surface area (Å²) in [4.78, 5) is 14.3. The van der Waals surface area contributed by atoms with E-state index in [2.05, 4.69) is 11.8 Å². The topological polar surface area (TPSA) is 20.3 Å². The van der Waals surface area contributed by atoms with Crippen molar-refractivity contribution in [2.75, 3.05) is 13.1 Å². The van der Waals surface area contributed by atoms with E-state index in [1.807, 2.05) is 0 Å². The highest BCUT2D eigenvalue weighted by molar-refractivity contribution is 5.98. The first-order valence-electron chi connectivity index (χ1n) is 7.34. The second kappa shape index (κ2) is 6.93. The Hall–Kier alpha value is -1.29. The fourth-order valence-electron chi connectivity index (χ4n) is 2.96. The van der Waals surface area contributed by atoms with Crippen LogP contribution in [0.1, 0.15) is 49.4 Å². The minimum atomic E-state index is -0.765. The first-order valence-corrected chi connectivity index (χ1v) is 7.34. The number of carbonyl (C=O) groups excluding carboxylic acids is 1. The number of hydrogen-bond donors (Lipinski definition) is 0. The largest absolute Gasteiger partial charge is 0.293 e. The van der Waals surface area contributed by atoms with Gasteiger partial charge in [-0.25, -0.2) is 8.78 Å². The van der Waals surface area contributed by atoms with Crippen molar-refractivity contribution in [2.24, 2.45) is 0 Å². The van der Waals surface area contributed by atoms with Crippen LogP contribution < -0.4 is 0 Å². The smallest absolute Gasteiger partial charge is 0.182 e. The number of likely N-dealkylation sites (tertiary alicyclic amines) is 1. The van der Waals surface area contributed by atoms with Crippen LogP contribution >= 0.6 is 0 Å². The van der Waals surface area contributed by atoms with Crippen LogP contribution in [0.2, 0.25) is 0 Å². The number of benzene rings is 1. The fourth-order valence-corrected chi connectivity index (χ4v) is 2.96. The number of nitrogens with zero attached hydrogens (tertiary/aromatic N) is 1. The fraction of sp³-hybridized carbons (Fsp3) is 0.562. The van der Waals surface area contributed by atoms with E-state index < -0.39 is 23.0 Å². The van der Waals surface area contributed by atoms with Crippen molar-refractivity contribution in [3.8, 4) is 0 Å². The molecule has 2 nitrogen and oxygen atoms in total. The summed E-state index contributed by atoms with van der Waals surface area (Å²) in [5, 5.41) is 0. The van der Waals surface area contributed by atoms with E-state index in [0.29, 0.717) is 6.04 Å². The van der Waals surface area contributed by atoms with Crippen molar-refractivity contribution < 1.29 is 13.6 Å². The van der Waals surface area contributed by atoms with E-state index in [9.17, 15) is 13.6 Å². The average molecular weight is 281 g/mol. The number of Topliss-reactive ketones (excluding diaryl/α,β-unsaturated/α-hetero) is 1. The minimum Gasteiger partial charge on any atom is -0.293 e. The second-order valence-corrected chi connectivity index (χ2v) is 5.43. The molecule has 0 saturated carbocycles. The van der Waals surface area contributed by atoms with Gasteiger partial charge in [0.15, 0.2) is 5.78 Å². The molecular weight excluding hydrogens is 260 g/mol. The van der Waals surface area contributed by atoms with E-state index in [0.717, 1.165) is 44.4 Å². The second-order valence-electron chi connectivity index (χ2n) is 5.43. The summed E-state index contributed by atoms with van der Waals surface area (Å²) < 4.78 is 27.2. The van der Waals surface area contributed by atoms with Gasteiger partial charge >= 0.3 is 0 Å². The van der Waals surface area contributed by atoms with Gasteiger partial charge in [-0.15, -0.1) is 0 Å². The molecule has 4 heteroatoms. The van der Waals surface area contributed by atoms with Gasteiger partial charge in [0.25, 0.3) is 0 Å². The normalized spacial score (nSPS) is 20.1. The maximum absolute atomic E-state index is 13.6. The van der Waals surface area contributed by atoms with Gasteiger partial charge in [0.05, 0.1) is 12.1 Å². The molecule has 1 aromatic rings. The third kappa shape index (κ3) is 3.42. The van der Waals surface area contributed by atoms with Gasteiger partial charge in [0.2, 0.25) is 0 Å². The first-order chi connectivity index (χ1) is 9.63. The molecule has 1 atom stereocenters. The third-order valence-electron chi connectivity index (χ3n) is 3.96. The highest BCUT2D eigenvalue weighted by atomic mass is 19.1. The molecule has 1 aliphatic heterocycles. The zero-order valence-electron chi connectivity index (χ0n) is 11.9. The SMILES string of the molecule is CCCC1CCCCN1CC(=O)c1c(F)cccc1F. The lowest BCUT2D eigenvalue weighted by Crippen LogP contribution is -2.42. The minimum absolute atomic E-state index is 0.114. The summed E-state index contributed by atoms with van der Waals surface area (Å²) in [6, 6.07) is 3.92. The molecule has 1 unspecified atom stereocenters. The monoisotopic (exact) mass is 281 g/mol. The summed E-state index contributed by atoms with van der Waals surface area (Å²) in [6.07, 6.45) is 5.38. The molecule has 0 N–H and O–H groups in total. The number of carbonyl (C=O) groups is 1. The van der Waals surface area contributed by atoms with Gasteiger partial charge < -0.3 is 0 Å². The molecule has 20 heavy (non-hydrogen) atoms. The van der Waals surface area contributed by atoms with Gasteiger partial charge in [0.1, 0.15) is 11.6 Å². The van der Waals surface area contributed by atoms with Crippen LogP contribution in [0, 0.1) is 11.6 Å². The van der Waals surface area contributed by atoms with E-state index in [-0.39, 0.29) is 6.54 Å². The van der Waals surface area contributed by atoms with Crippen molar-refractivity contribution in [1.29, 1.82) is 0 Å². The van der Waals surface area contributed by atoms with Gasteiger partial charge in [-0.1, -0.05) is 25.8 Å². The van der Waals surface area contributed by atoms with Crippen LogP contribution in [0.3, 0.4) is 0 Å². The molecule has 1 aliphatic rings. The predicted molar refractivity (Wildman–Crippen MR) is 74.8 cm³/mol. The Morgan fingerprint density at radius 1 is 1.30 bits per heavy atom. The molecule has 0 radical (unpaired) electrons. The summed E-state index contributed by atoms with van der Waals surface area (Å²) in [6.45, 7) is 3.07. The molecule has 0 bridgehead atoms. The summed E-state index contributed by atoms with van der Waals surface area (Å²) >= 11 is 0. The molecule has 0 aliphatic carbocycles. The Kier molecular flexibility index (Phi) is 5.24. The molecular formula is C16H21F2NO. The van der Waals surface area contributed by atoms with E-state index in [1.54, 1.807) is 0 Å². The summed E-state index contributed by atoms with van der Waals surface area (Å²) in [7, 11) is 0. The molecule has 1 fully saturated rings. The number of halogens is 2. The Morgan fingerprint density at radius 2 is 2.00 bits per heavy atom. The Balaban J connectivity index is 2.10. The maximum atomic E-state index is 13.6. The Labute approximate surface area is 118 Å². The van der Waals surface area contributed by atoms with E-state index in [4.69, 9.17) is 0 Å². The lowest BCUT2D eigenvalue weighted by Gasteiger charge is -2.35. The first kappa shape index (κ1) is 15.1. The zero-order chi connectivity index (χ0) is 14.5. The number of ketones is 1. The standard InChI is InChI=1S/C16H21F2NO/c1-2-6-12-7-3-4-10-19(12)11-15(20)16-13(17)8-5-9-14(16)18/h5,8-9,12H,2-4,6-7,10-11H2,1H3. The van der Waals surface area contributed by atoms with Crippen LogP contribution in [0.25, 0.3) is 0 Å². The quantitative estimate of drug-likeness (QED) is 0.765. The molecule has 1 aromatic carbocycles. The van der Waals surface area contributed by atoms with Crippen LogP contribution in [0.5, 0.6) is 0 Å². The zero-order valence-corrected chi connectivity index (χ0v) is 11.9.